The van der Waals surface area contributed by atoms with Crippen molar-refractivity contribution in [3.05, 3.63) is 92.7 Å². The number of ketones is 4. The Hall–Kier alpha value is -4.66. The van der Waals surface area contributed by atoms with Gasteiger partial charge in [0.25, 0.3) is 0 Å². The van der Waals surface area contributed by atoms with Crippen LogP contribution in [0.2, 0.25) is 0 Å². The number of aromatic nitrogens is 2. The minimum absolute atomic E-state index is 0.440. The molecule has 0 aliphatic heterocycles. The predicted octanol–water partition coefficient (Wildman–Crippen LogP) is 6.56. The van der Waals surface area contributed by atoms with Crippen molar-refractivity contribution in [2.75, 3.05) is 0 Å². The zero-order valence-electron chi connectivity index (χ0n) is 21.3. The topological polar surface area (TPSA) is 78.1 Å². The van der Waals surface area contributed by atoms with E-state index in [9.17, 15) is 19.2 Å². The van der Waals surface area contributed by atoms with E-state index in [2.05, 4.69) is 21.3 Å². The van der Waals surface area contributed by atoms with E-state index in [1.807, 2.05) is 50.5 Å². The third-order valence-corrected chi connectivity index (χ3v) is 10.1. The molecule has 192 valence electrons. The standard InChI is InChI=1S/C32H18N2O4S2/c1-33-23-13-15(11-21-17-7-3-5-9-19(17)27(35)29(21)37)39-31(23)26-25(33)32-24(34(26)2)14-16(40-32)12-22-18-8-4-6-10-20(18)28(36)30(22)38/h3-14H,1-2H3/b21-11-,22-12-. The summed E-state index contributed by atoms with van der Waals surface area (Å²) in [7, 11) is 4.06. The molecule has 2 aliphatic rings. The zero-order chi connectivity index (χ0) is 27.4. The Bertz CT molecular complexity index is 2100. The Balaban J connectivity index is 1.26. The van der Waals surface area contributed by atoms with Crippen LogP contribution in [-0.2, 0) is 23.7 Å². The summed E-state index contributed by atoms with van der Waals surface area (Å²) in [5, 5.41) is 0. The normalized spacial score (nSPS) is 17.1. The Morgan fingerprint density at radius 1 is 0.550 bits per heavy atom. The maximum atomic E-state index is 12.7. The third-order valence-electron chi connectivity index (χ3n) is 7.91. The molecule has 4 aromatic heterocycles. The van der Waals surface area contributed by atoms with E-state index in [0.29, 0.717) is 33.4 Å². The lowest BCUT2D eigenvalue weighted by Gasteiger charge is -1.98. The smallest absolute Gasteiger partial charge is 0.234 e. The van der Waals surface area contributed by atoms with Crippen molar-refractivity contribution < 1.29 is 19.2 Å². The van der Waals surface area contributed by atoms with Crippen LogP contribution in [0.25, 0.3) is 54.8 Å². The predicted molar refractivity (Wildman–Crippen MR) is 160 cm³/mol. The van der Waals surface area contributed by atoms with Crippen molar-refractivity contribution in [2.24, 2.45) is 14.1 Å². The lowest BCUT2D eigenvalue weighted by molar-refractivity contribution is -0.110. The van der Waals surface area contributed by atoms with Crippen molar-refractivity contribution in [1.29, 1.82) is 0 Å². The first-order valence-electron chi connectivity index (χ1n) is 12.6. The molecule has 0 fully saturated rings. The molecule has 4 heterocycles. The lowest BCUT2D eigenvalue weighted by atomic mass is 10.1. The zero-order valence-corrected chi connectivity index (χ0v) is 22.9. The van der Waals surface area contributed by atoms with E-state index in [1.165, 1.54) is 0 Å². The first-order valence-corrected chi connectivity index (χ1v) is 14.3. The number of allylic oxidation sites excluding steroid dienone is 2. The van der Waals surface area contributed by atoms with E-state index in [1.54, 1.807) is 46.9 Å². The number of rotatable bonds is 2. The van der Waals surface area contributed by atoms with Gasteiger partial charge in [-0.05, 0) is 35.4 Å². The van der Waals surface area contributed by atoms with Gasteiger partial charge >= 0.3 is 0 Å². The highest BCUT2D eigenvalue weighted by Crippen LogP contribution is 2.44. The quantitative estimate of drug-likeness (QED) is 0.178. The van der Waals surface area contributed by atoms with Crippen LogP contribution >= 0.6 is 22.7 Å². The van der Waals surface area contributed by atoms with Gasteiger partial charge in [-0.3, -0.25) is 19.2 Å². The molecule has 2 aromatic carbocycles. The van der Waals surface area contributed by atoms with E-state index in [-0.39, 0.29) is 0 Å². The van der Waals surface area contributed by atoms with Gasteiger partial charge in [0.2, 0.25) is 23.1 Å². The second-order valence-corrected chi connectivity index (χ2v) is 12.2. The molecule has 8 heteroatoms. The average Bonchev–Trinajstić information content (AvgIpc) is 3.76. The molecule has 0 spiro atoms. The van der Waals surface area contributed by atoms with E-state index in [4.69, 9.17) is 0 Å². The molecular weight excluding hydrogens is 540 g/mol. The summed E-state index contributed by atoms with van der Waals surface area (Å²) in [5.74, 6) is -1.83. The molecule has 40 heavy (non-hydrogen) atoms. The fourth-order valence-electron chi connectivity index (χ4n) is 5.99. The van der Waals surface area contributed by atoms with Crippen LogP contribution in [-0.4, -0.2) is 32.3 Å². The van der Waals surface area contributed by atoms with Gasteiger partial charge in [0, 0.05) is 46.1 Å². The number of hydrogen-bond donors (Lipinski definition) is 0. The van der Waals surface area contributed by atoms with Crippen molar-refractivity contribution in [3.8, 4) is 0 Å². The first kappa shape index (κ1) is 23.2. The second-order valence-electron chi connectivity index (χ2n) is 10.1. The van der Waals surface area contributed by atoms with Crippen LogP contribution in [0.1, 0.15) is 41.6 Å². The number of fused-ring (bicyclic) bond motifs is 7. The molecule has 0 N–H and O–H groups in total. The van der Waals surface area contributed by atoms with Gasteiger partial charge in [0.05, 0.1) is 31.5 Å². The lowest BCUT2D eigenvalue weighted by Crippen LogP contribution is -2.05. The third kappa shape index (κ3) is 2.92. The van der Waals surface area contributed by atoms with Crippen molar-refractivity contribution in [2.45, 2.75) is 0 Å². The van der Waals surface area contributed by atoms with Gasteiger partial charge in [0.1, 0.15) is 0 Å². The average molecular weight is 559 g/mol. The van der Waals surface area contributed by atoms with E-state index < -0.39 is 23.1 Å². The van der Waals surface area contributed by atoms with Crippen LogP contribution in [0.5, 0.6) is 0 Å². The highest BCUT2D eigenvalue weighted by atomic mass is 32.1. The number of thiophene rings is 2. The molecule has 0 unspecified atom stereocenters. The van der Waals surface area contributed by atoms with Crippen molar-refractivity contribution >= 4 is 101 Å². The Labute approximate surface area is 235 Å². The first-order chi connectivity index (χ1) is 19.3. The van der Waals surface area contributed by atoms with Gasteiger partial charge in [0.15, 0.2) is 0 Å². The summed E-state index contributed by atoms with van der Waals surface area (Å²) in [4.78, 5) is 52.2. The second kappa shape index (κ2) is 7.94. The van der Waals surface area contributed by atoms with Crippen molar-refractivity contribution in [3.63, 3.8) is 0 Å². The number of carbonyl (C=O) groups excluding carboxylic acids is 4. The molecule has 0 amide bonds. The summed E-state index contributed by atoms with van der Waals surface area (Å²) in [6, 6.07) is 18.4. The largest absolute Gasteiger partial charge is 0.340 e. The number of Topliss-reactive ketones (excluding diaryl/α,β-unsaturated/α-hetero) is 4. The van der Waals surface area contributed by atoms with Crippen molar-refractivity contribution in [1.82, 2.24) is 9.13 Å². The van der Waals surface area contributed by atoms with Crippen LogP contribution in [0.3, 0.4) is 0 Å². The van der Waals surface area contributed by atoms with E-state index in [0.717, 1.165) is 41.2 Å². The molecule has 0 saturated carbocycles. The summed E-state index contributed by atoms with van der Waals surface area (Å²) in [6.45, 7) is 0. The van der Waals surface area contributed by atoms with Crippen LogP contribution in [0.4, 0.5) is 0 Å². The monoisotopic (exact) mass is 558 g/mol. The van der Waals surface area contributed by atoms with Crippen LogP contribution in [0, 0.1) is 0 Å². The Morgan fingerprint density at radius 2 is 0.925 bits per heavy atom. The molecule has 8 rings (SSSR count). The molecule has 2 aliphatic carbocycles. The van der Waals surface area contributed by atoms with Crippen LogP contribution in [0.15, 0.2) is 60.7 Å². The van der Waals surface area contributed by atoms with E-state index >= 15 is 0 Å². The summed E-state index contributed by atoms with van der Waals surface area (Å²) < 4.78 is 6.53. The Kier molecular flexibility index (Phi) is 4.61. The maximum Gasteiger partial charge on any atom is 0.234 e. The fraction of sp³-hybridized carbons (Fsp3) is 0.0625. The number of hydrogen-bond acceptors (Lipinski definition) is 6. The number of nitrogens with zero attached hydrogens (tertiary/aromatic N) is 2. The molecule has 0 bridgehead atoms. The van der Waals surface area contributed by atoms with Gasteiger partial charge < -0.3 is 9.13 Å². The number of carbonyl (C=O) groups is 4. The highest BCUT2D eigenvalue weighted by molar-refractivity contribution is 7.22. The molecular formula is C32H18N2O4S2. The summed E-state index contributed by atoms with van der Waals surface area (Å²) in [6.07, 6.45) is 3.66. The molecule has 6 aromatic rings. The SMILES string of the molecule is Cn1c2cc(/C=C3\C(=O)C(=O)c4ccccc43)sc2c2c1c1sc(/C=C3\C(=O)C(=O)c4ccccc43)cc1n2C. The number of aryl methyl sites for hydroxylation is 2. The Morgan fingerprint density at radius 3 is 1.32 bits per heavy atom. The number of benzene rings is 2. The van der Waals surface area contributed by atoms with Gasteiger partial charge in [-0.15, -0.1) is 22.7 Å². The van der Waals surface area contributed by atoms with Gasteiger partial charge in [-0.25, -0.2) is 0 Å². The van der Waals surface area contributed by atoms with Gasteiger partial charge in [-0.1, -0.05) is 48.5 Å². The molecule has 6 nitrogen and oxygen atoms in total. The fourth-order valence-corrected chi connectivity index (χ4v) is 8.42. The van der Waals surface area contributed by atoms with Crippen LogP contribution < -0.4 is 0 Å². The molecule has 0 radical (unpaired) electrons. The molecule has 0 atom stereocenters. The summed E-state index contributed by atoms with van der Waals surface area (Å²) in [5.41, 5.74) is 7.46. The maximum absolute atomic E-state index is 12.7. The summed E-state index contributed by atoms with van der Waals surface area (Å²) >= 11 is 3.19. The molecule has 0 saturated heterocycles. The highest BCUT2D eigenvalue weighted by Gasteiger charge is 2.34. The minimum atomic E-state index is -0.463. The van der Waals surface area contributed by atoms with Gasteiger partial charge in [-0.2, -0.15) is 0 Å². The minimum Gasteiger partial charge on any atom is -0.340 e.